The Labute approximate surface area is 320 Å². The smallest absolute Gasteiger partial charge is 0.204 e. The quantitative estimate of drug-likeness (QED) is 0.170. The molecule has 8 nitrogen and oxygen atoms in total. The summed E-state index contributed by atoms with van der Waals surface area (Å²) in [6.45, 7) is 1.86. The second kappa shape index (κ2) is 15.1. The topological polar surface area (TPSA) is 61.9 Å². The van der Waals surface area contributed by atoms with Gasteiger partial charge < -0.3 is 28.4 Å². The largest absolute Gasteiger partial charge is 0.493 e. The third kappa shape index (κ3) is 6.92. The molecule has 4 heterocycles. The molecule has 54 heavy (non-hydrogen) atoms. The Morgan fingerprint density at radius 3 is 2.11 bits per heavy atom. The Balaban J connectivity index is 1.34. The summed E-state index contributed by atoms with van der Waals surface area (Å²) in [5.74, 6) is 4.32. The molecule has 2 unspecified atom stereocenters. The molecule has 280 valence electrons. The minimum atomic E-state index is -0.486. The molecule has 4 aliphatic heterocycles. The fourth-order valence-electron chi connectivity index (χ4n) is 8.00. The van der Waals surface area contributed by atoms with Crippen LogP contribution in [-0.4, -0.2) is 58.3 Å². The maximum atomic E-state index is 14.1. The number of rotatable bonds is 6. The van der Waals surface area contributed by atoms with E-state index in [4.69, 9.17) is 40.0 Å². The highest BCUT2D eigenvalue weighted by molar-refractivity contribution is 6.30. The Hall–Kier alpha value is -4.96. The first-order valence-electron chi connectivity index (χ1n) is 18.3. The fraction of sp³-hybridized carbons (Fsp3) is 0.318. The van der Waals surface area contributed by atoms with Crippen LogP contribution in [0.3, 0.4) is 0 Å². The number of nitrogens with zero attached hydrogens (tertiary/aromatic N) is 2. The highest BCUT2D eigenvalue weighted by Gasteiger charge is 2.35. The molecule has 0 aromatic heterocycles. The second-order valence-corrected chi connectivity index (χ2v) is 14.7. The summed E-state index contributed by atoms with van der Waals surface area (Å²) in [4.78, 5) is 4.75. The van der Waals surface area contributed by atoms with Crippen LogP contribution in [0.2, 0.25) is 5.02 Å². The van der Waals surface area contributed by atoms with Gasteiger partial charge in [0.2, 0.25) is 5.75 Å². The highest BCUT2D eigenvalue weighted by atomic mass is 35.5. The van der Waals surface area contributed by atoms with Crippen molar-refractivity contribution in [1.82, 2.24) is 9.80 Å². The standard InChI is InChI=1S/C44H44ClFN2O6/c1-47-16-14-29-22-38(50-4)40-24-32(29)35(47)19-26-6-10-31(11-7-26)53-39-21-27(9-13-37(39)49-3)20-36-42-30(15-17-48(36)2)23-41(51-5)43(44(42)54-40)52-25-28-8-12-34(46)33(45)18-28/h6-13,18,21-24,35-36H,14-17,19-20,25H2,1-5H3. The molecule has 2 atom stereocenters. The van der Waals surface area contributed by atoms with Gasteiger partial charge in [-0.15, -0.1) is 0 Å². The van der Waals surface area contributed by atoms with Gasteiger partial charge in [0, 0.05) is 30.7 Å². The molecule has 10 heteroatoms. The molecule has 9 rings (SSSR count). The number of benzene rings is 5. The Morgan fingerprint density at radius 2 is 1.37 bits per heavy atom. The van der Waals surface area contributed by atoms with E-state index in [0.717, 1.165) is 54.8 Å². The van der Waals surface area contributed by atoms with Crippen LogP contribution in [0.4, 0.5) is 4.39 Å². The Kier molecular flexibility index (Phi) is 10.0. The monoisotopic (exact) mass is 750 g/mol. The van der Waals surface area contributed by atoms with E-state index in [9.17, 15) is 4.39 Å². The van der Waals surface area contributed by atoms with E-state index >= 15 is 0 Å². The van der Waals surface area contributed by atoms with Crippen LogP contribution < -0.4 is 28.4 Å². The van der Waals surface area contributed by atoms with E-state index in [-0.39, 0.29) is 23.7 Å². The van der Waals surface area contributed by atoms with Gasteiger partial charge in [0.05, 0.1) is 26.4 Å². The molecular formula is C44H44ClFN2O6. The molecular weight excluding hydrogens is 707 g/mol. The van der Waals surface area contributed by atoms with Crippen LogP contribution in [-0.2, 0) is 32.3 Å². The van der Waals surface area contributed by atoms with Crippen molar-refractivity contribution in [2.24, 2.45) is 0 Å². The summed E-state index contributed by atoms with van der Waals surface area (Å²) >= 11 is 6.18. The van der Waals surface area contributed by atoms with Gasteiger partial charge in [-0.2, -0.15) is 0 Å². The van der Waals surface area contributed by atoms with Crippen LogP contribution in [0, 0.1) is 5.82 Å². The predicted octanol–water partition coefficient (Wildman–Crippen LogP) is 9.53. The van der Waals surface area contributed by atoms with Crippen molar-refractivity contribution in [2.45, 2.75) is 44.4 Å². The number of fused-ring (bicyclic) bond motifs is 2. The van der Waals surface area contributed by atoms with Crippen LogP contribution >= 0.6 is 11.6 Å². The minimum Gasteiger partial charge on any atom is -0.493 e. The van der Waals surface area contributed by atoms with Gasteiger partial charge in [0.15, 0.2) is 34.5 Å². The Morgan fingerprint density at radius 1 is 0.704 bits per heavy atom. The molecule has 0 saturated carbocycles. The van der Waals surface area contributed by atoms with Crippen molar-refractivity contribution in [3.05, 3.63) is 129 Å². The van der Waals surface area contributed by atoms with Crippen LogP contribution in [0.25, 0.3) is 0 Å². The normalized spacial score (nSPS) is 18.1. The summed E-state index contributed by atoms with van der Waals surface area (Å²) in [6.07, 6.45) is 3.11. The molecule has 0 N–H and O–H groups in total. The first kappa shape index (κ1) is 36.0. The molecule has 5 aromatic carbocycles. The van der Waals surface area contributed by atoms with E-state index in [1.165, 1.54) is 22.8 Å². The molecule has 0 spiro atoms. The van der Waals surface area contributed by atoms with E-state index in [1.54, 1.807) is 33.5 Å². The molecule has 5 aromatic rings. The van der Waals surface area contributed by atoms with E-state index in [2.05, 4.69) is 66.4 Å². The van der Waals surface area contributed by atoms with Gasteiger partial charge in [-0.1, -0.05) is 35.9 Å². The molecule has 6 bridgehead atoms. The maximum Gasteiger partial charge on any atom is 0.204 e. The number of methoxy groups -OCH3 is 3. The number of hydrogen-bond acceptors (Lipinski definition) is 8. The van der Waals surface area contributed by atoms with Crippen LogP contribution in [0.15, 0.2) is 78.9 Å². The zero-order valence-corrected chi connectivity index (χ0v) is 32.0. The third-order valence-corrected chi connectivity index (χ3v) is 11.3. The van der Waals surface area contributed by atoms with Gasteiger partial charge in [-0.3, -0.25) is 9.80 Å². The van der Waals surface area contributed by atoms with Gasteiger partial charge in [-0.05, 0) is 128 Å². The maximum absolute atomic E-state index is 14.1. The van der Waals surface area contributed by atoms with E-state index in [1.807, 2.05) is 18.2 Å². The summed E-state index contributed by atoms with van der Waals surface area (Å²) in [5, 5.41) is 0.0308. The SMILES string of the molecule is COc1ccc2cc1Oc1ccc(cc1)CC1c3cc(c(OC)cc3CCN1C)Oc1c(OCc3ccc(F)c(Cl)c3)c(OC)cc3c1C(C2)N(C)CC3. The first-order valence-corrected chi connectivity index (χ1v) is 18.6. The number of halogens is 2. The molecule has 4 aliphatic rings. The second-order valence-electron chi connectivity index (χ2n) is 14.3. The highest BCUT2D eigenvalue weighted by Crippen LogP contribution is 2.52. The lowest BCUT2D eigenvalue weighted by atomic mass is 9.87. The van der Waals surface area contributed by atoms with Crippen molar-refractivity contribution in [1.29, 1.82) is 0 Å². The summed E-state index contributed by atoms with van der Waals surface area (Å²) in [5.41, 5.74) is 7.49. The van der Waals surface area contributed by atoms with Crippen molar-refractivity contribution >= 4 is 11.6 Å². The number of hydrogen-bond donors (Lipinski definition) is 0. The summed E-state index contributed by atoms with van der Waals surface area (Å²) < 4.78 is 52.3. The van der Waals surface area contributed by atoms with Crippen LogP contribution in [0.1, 0.15) is 51.0 Å². The van der Waals surface area contributed by atoms with Crippen molar-refractivity contribution < 1.29 is 32.8 Å². The van der Waals surface area contributed by atoms with Gasteiger partial charge in [0.1, 0.15) is 18.2 Å². The Bertz CT molecular complexity index is 2190. The molecule has 0 aliphatic carbocycles. The van der Waals surface area contributed by atoms with Gasteiger partial charge in [0.25, 0.3) is 0 Å². The zero-order chi connectivity index (χ0) is 37.5. The molecule has 0 amide bonds. The van der Waals surface area contributed by atoms with Crippen molar-refractivity contribution in [2.75, 3.05) is 48.5 Å². The van der Waals surface area contributed by atoms with Gasteiger partial charge in [-0.25, -0.2) is 4.39 Å². The minimum absolute atomic E-state index is 0.0308. The zero-order valence-electron chi connectivity index (χ0n) is 31.2. The first-order chi connectivity index (χ1) is 26.2. The molecule has 0 fully saturated rings. The van der Waals surface area contributed by atoms with Crippen molar-refractivity contribution in [3.8, 4) is 46.0 Å². The van der Waals surface area contributed by atoms with Gasteiger partial charge >= 0.3 is 0 Å². The number of likely N-dealkylation sites (N-methyl/N-ethyl adjacent to an activating group) is 2. The molecule has 0 radical (unpaired) electrons. The predicted molar refractivity (Wildman–Crippen MR) is 207 cm³/mol. The lowest BCUT2D eigenvalue weighted by Gasteiger charge is -2.37. The lowest BCUT2D eigenvalue weighted by Crippen LogP contribution is -2.34. The average Bonchev–Trinajstić information content (AvgIpc) is 3.18. The average molecular weight is 751 g/mol. The number of ether oxygens (including phenoxy) is 6. The summed E-state index contributed by atoms with van der Waals surface area (Å²) in [6, 6.07) is 25.3. The van der Waals surface area contributed by atoms with Crippen molar-refractivity contribution in [3.63, 3.8) is 0 Å². The fourth-order valence-corrected chi connectivity index (χ4v) is 8.21. The lowest BCUT2D eigenvalue weighted by molar-refractivity contribution is 0.216. The van der Waals surface area contributed by atoms with E-state index in [0.29, 0.717) is 52.2 Å². The van der Waals surface area contributed by atoms with E-state index < -0.39 is 5.82 Å². The summed E-state index contributed by atoms with van der Waals surface area (Å²) in [7, 11) is 9.28. The third-order valence-electron chi connectivity index (χ3n) is 11.0. The van der Waals surface area contributed by atoms with Crippen LogP contribution in [0.5, 0.6) is 46.0 Å². The molecule has 0 saturated heterocycles.